The number of nitrogens with zero attached hydrogens (tertiary/aromatic N) is 2. The Hall–Kier alpha value is -1.62. The molecular weight excluding hydrogens is 216 g/mol. The van der Waals surface area contributed by atoms with Crippen molar-refractivity contribution in [2.75, 3.05) is 25.5 Å². The van der Waals surface area contributed by atoms with Gasteiger partial charge in [0.25, 0.3) is 5.91 Å². The number of pyridine rings is 1. The van der Waals surface area contributed by atoms with Crippen LogP contribution >= 0.6 is 0 Å². The number of anilines is 1. The molecule has 3 N–H and O–H groups in total. The zero-order valence-corrected chi connectivity index (χ0v) is 10.0. The highest BCUT2D eigenvalue weighted by molar-refractivity contribution is 5.91. The summed E-state index contributed by atoms with van der Waals surface area (Å²) in [7, 11) is 2.14. The molecule has 5 nitrogen and oxygen atoms in total. The lowest BCUT2D eigenvalue weighted by atomic mass is 10.2. The minimum absolute atomic E-state index is 0.301. The van der Waals surface area contributed by atoms with Gasteiger partial charge >= 0.3 is 0 Å². The Labute approximate surface area is 101 Å². The first-order valence-corrected chi connectivity index (χ1v) is 5.87. The summed E-state index contributed by atoms with van der Waals surface area (Å²) in [4.78, 5) is 17.2. The van der Waals surface area contributed by atoms with Gasteiger partial charge in [-0.1, -0.05) is 0 Å². The van der Waals surface area contributed by atoms with Crippen molar-refractivity contribution < 1.29 is 4.79 Å². The number of hydrogen-bond acceptors (Lipinski definition) is 4. The molecular formula is C12H18N4O. The van der Waals surface area contributed by atoms with Gasteiger partial charge in [0, 0.05) is 24.5 Å². The standard InChI is InChI=1S/C12H18N4O/c1-16-6-2-3-10(16)8-15-9-4-5-14-11(7-9)12(13)17/h4-5,7,10H,2-3,6,8H2,1H3,(H2,13,17)(H,14,15). The van der Waals surface area contributed by atoms with E-state index in [1.807, 2.05) is 6.07 Å². The van der Waals surface area contributed by atoms with E-state index in [0.29, 0.717) is 11.7 Å². The van der Waals surface area contributed by atoms with Crippen molar-refractivity contribution in [2.45, 2.75) is 18.9 Å². The van der Waals surface area contributed by atoms with E-state index in [2.05, 4.69) is 22.2 Å². The van der Waals surface area contributed by atoms with Crippen LogP contribution in [0.1, 0.15) is 23.3 Å². The third kappa shape index (κ3) is 2.94. The van der Waals surface area contributed by atoms with Crippen LogP contribution in [0.15, 0.2) is 18.3 Å². The minimum Gasteiger partial charge on any atom is -0.383 e. The molecule has 0 bridgehead atoms. The molecule has 1 aliphatic heterocycles. The molecule has 1 aromatic rings. The molecule has 1 aromatic heterocycles. The summed E-state index contributed by atoms with van der Waals surface area (Å²) in [6.45, 7) is 2.05. The van der Waals surface area contributed by atoms with Crippen molar-refractivity contribution in [2.24, 2.45) is 5.73 Å². The summed E-state index contributed by atoms with van der Waals surface area (Å²) >= 11 is 0. The van der Waals surface area contributed by atoms with Crippen molar-refractivity contribution in [3.63, 3.8) is 0 Å². The second-order valence-electron chi connectivity index (χ2n) is 4.45. The van der Waals surface area contributed by atoms with E-state index in [-0.39, 0.29) is 0 Å². The van der Waals surface area contributed by atoms with E-state index in [0.717, 1.165) is 18.8 Å². The average molecular weight is 234 g/mol. The maximum Gasteiger partial charge on any atom is 0.267 e. The van der Waals surface area contributed by atoms with E-state index in [1.165, 1.54) is 12.8 Å². The molecule has 0 aromatic carbocycles. The fourth-order valence-corrected chi connectivity index (χ4v) is 2.15. The number of rotatable bonds is 4. The first kappa shape index (κ1) is 11.9. The van der Waals surface area contributed by atoms with Crippen molar-refractivity contribution in [3.05, 3.63) is 24.0 Å². The fraction of sp³-hybridized carbons (Fsp3) is 0.500. The van der Waals surface area contributed by atoms with Gasteiger partial charge in [0.15, 0.2) is 0 Å². The van der Waals surface area contributed by atoms with E-state index >= 15 is 0 Å². The van der Waals surface area contributed by atoms with Gasteiger partial charge in [-0.05, 0) is 38.6 Å². The lowest BCUT2D eigenvalue weighted by Gasteiger charge is -2.20. The van der Waals surface area contributed by atoms with Gasteiger partial charge in [0.1, 0.15) is 5.69 Å². The highest BCUT2D eigenvalue weighted by atomic mass is 16.1. The van der Waals surface area contributed by atoms with E-state index in [1.54, 1.807) is 12.3 Å². The van der Waals surface area contributed by atoms with Crippen molar-refractivity contribution in [1.29, 1.82) is 0 Å². The van der Waals surface area contributed by atoms with Crippen molar-refractivity contribution in [3.8, 4) is 0 Å². The quantitative estimate of drug-likeness (QED) is 0.804. The highest BCUT2D eigenvalue weighted by Gasteiger charge is 2.20. The molecule has 1 saturated heterocycles. The number of hydrogen-bond donors (Lipinski definition) is 2. The zero-order chi connectivity index (χ0) is 12.3. The molecule has 2 heterocycles. The Morgan fingerprint density at radius 2 is 2.53 bits per heavy atom. The fourth-order valence-electron chi connectivity index (χ4n) is 2.15. The number of aromatic nitrogens is 1. The topological polar surface area (TPSA) is 71.2 Å². The van der Waals surface area contributed by atoms with Crippen LogP contribution in [0.4, 0.5) is 5.69 Å². The van der Waals surface area contributed by atoms with Crippen molar-refractivity contribution in [1.82, 2.24) is 9.88 Å². The van der Waals surface area contributed by atoms with Crippen LogP contribution < -0.4 is 11.1 Å². The molecule has 5 heteroatoms. The second-order valence-corrected chi connectivity index (χ2v) is 4.45. The number of carbonyl (C=O) groups is 1. The Balaban J connectivity index is 1.94. The number of nitrogens with two attached hydrogens (primary N) is 1. The lowest BCUT2D eigenvalue weighted by Crippen LogP contribution is -2.31. The molecule has 92 valence electrons. The molecule has 1 unspecified atom stereocenters. The predicted molar refractivity (Wildman–Crippen MR) is 66.9 cm³/mol. The number of likely N-dealkylation sites (N-methyl/N-ethyl adjacent to an activating group) is 1. The zero-order valence-electron chi connectivity index (χ0n) is 10.0. The number of amides is 1. The first-order chi connectivity index (χ1) is 8.16. The lowest BCUT2D eigenvalue weighted by molar-refractivity contribution is 0.0995. The maximum absolute atomic E-state index is 11.0. The van der Waals surface area contributed by atoms with Gasteiger partial charge in [-0.3, -0.25) is 9.78 Å². The van der Waals surface area contributed by atoms with Crippen LogP contribution in [0.3, 0.4) is 0 Å². The summed E-state index contributed by atoms with van der Waals surface area (Å²) in [6, 6.07) is 4.11. The third-order valence-corrected chi connectivity index (χ3v) is 3.23. The second kappa shape index (κ2) is 5.14. The number of likely N-dealkylation sites (tertiary alicyclic amines) is 1. The van der Waals surface area contributed by atoms with Crippen LogP contribution in [0.5, 0.6) is 0 Å². The van der Waals surface area contributed by atoms with Crippen LogP contribution in [-0.2, 0) is 0 Å². The van der Waals surface area contributed by atoms with Gasteiger partial charge in [0.05, 0.1) is 0 Å². The Bertz CT molecular complexity index is 407. The molecule has 17 heavy (non-hydrogen) atoms. The minimum atomic E-state index is -0.494. The molecule has 1 amide bonds. The summed E-state index contributed by atoms with van der Waals surface area (Å²) in [6.07, 6.45) is 4.07. The molecule has 0 aliphatic carbocycles. The number of primary amides is 1. The maximum atomic E-state index is 11.0. The summed E-state index contributed by atoms with van der Waals surface area (Å²) in [5, 5.41) is 3.32. The molecule has 0 spiro atoms. The summed E-state index contributed by atoms with van der Waals surface area (Å²) in [5.41, 5.74) is 6.38. The predicted octanol–water partition coefficient (Wildman–Crippen LogP) is 0.687. The smallest absolute Gasteiger partial charge is 0.267 e. The molecule has 0 saturated carbocycles. The SMILES string of the molecule is CN1CCCC1CNc1ccnc(C(N)=O)c1. The van der Waals surface area contributed by atoms with Gasteiger partial charge in [-0.2, -0.15) is 0 Å². The van der Waals surface area contributed by atoms with Crippen LogP contribution in [0.2, 0.25) is 0 Å². The third-order valence-electron chi connectivity index (χ3n) is 3.23. The normalized spacial score (nSPS) is 20.4. The van der Waals surface area contributed by atoms with Gasteiger partial charge in [-0.25, -0.2) is 0 Å². The molecule has 0 radical (unpaired) electrons. The Morgan fingerprint density at radius 3 is 3.18 bits per heavy atom. The first-order valence-electron chi connectivity index (χ1n) is 5.87. The average Bonchev–Trinajstić information content (AvgIpc) is 2.72. The van der Waals surface area contributed by atoms with Crippen molar-refractivity contribution >= 4 is 11.6 Å². The monoisotopic (exact) mass is 234 g/mol. The summed E-state index contributed by atoms with van der Waals surface area (Å²) < 4.78 is 0. The van der Waals surface area contributed by atoms with Gasteiger partial charge < -0.3 is 16.0 Å². The molecule has 1 atom stereocenters. The van der Waals surface area contributed by atoms with Crippen LogP contribution in [0, 0.1) is 0 Å². The van der Waals surface area contributed by atoms with E-state index in [4.69, 9.17) is 5.73 Å². The highest BCUT2D eigenvalue weighted by Crippen LogP contribution is 2.16. The van der Waals surface area contributed by atoms with Gasteiger partial charge in [0.2, 0.25) is 0 Å². The van der Waals surface area contributed by atoms with Crippen LogP contribution in [0.25, 0.3) is 0 Å². The Kier molecular flexibility index (Phi) is 3.58. The van der Waals surface area contributed by atoms with E-state index < -0.39 is 5.91 Å². The largest absolute Gasteiger partial charge is 0.383 e. The van der Waals surface area contributed by atoms with E-state index in [9.17, 15) is 4.79 Å². The summed E-state index contributed by atoms with van der Waals surface area (Å²) in [5.74, 6) is -0.494. The van der Waals surface area contributed by atoms with Gasteiger partial charge in [-0.15, -0.1) is 0 Å². The Morgan fingerprint density at radius 1 is 1.71 bits per heavy atom. The van der Waals surface area contributed by atoms with Crippen LogP contribution in [-0.4, -0.2) is 42.0 Å². The number of nitrogens with one attached hydrogen (secondary N) is 1. The molecule has 2 rings (SSSR count). The molecule has 1 aliphatic rings. The number of carbonyl (C=O) groups excluding carboxylic acids is 1. The molecule has 1 fully saturated rings.